The van der Waals surface area contributed by atoms with Gasteiger partial charge in [-0.05, 0) is 37.5 Å². The predicted octanol–water partition coefficient (Wildman–Crippen LogP) is 0.529. The van der Waals surface area contributed by atoms with Gasteiger partial charge in [0.05, 0.1) is 12.8 Å². The summed E-state index contributed by atoms with van der Waals surface area (Å²) in [6, 6.07) is 1.38. The van der Waals surface area contributed by atoms with Crippen LogP contribution in [-0.2, 0) is 19.2 Å². The number of carboxylic acid groups (broad SMARTS) is 1. The van der Waals surface area contributed by atoms with E-state index in [9.17, 15) is 19.2 Å². The molecule has 0 radical (unpaired) electrons. The van der Waals surface area contributed by atoms with E-state index in [4.69, 9.17) is 9.52 Å². The molecule has 27 heavy (non-hydrogen) atoms. The Hall–Kier alpha value is -3.10. The first-order chi connectivity index (χ1) is 12.7. The summed E-state index contributed by atoms with van der Waals surface area (Å²) in [7, 11) is 0. The summed E-state index contributed by atoms with van der Waals surface area (Å²) in [5.74, 6) is -2.23. The summed E-state index contributed by atoms with van der Waals surface area (Å²) >= 11 is 0. The molecule has 0 saturated carbocycles. The number of carbonyl (C=O) groups is 4. The van der Waals surface area contributed by atoms with Crippen molar-refractivity contribution in [1.82, 2.24) is 16.0 Å². The average molecular weight is 379 g/mol. The highest BCUT2D eigenvalue weighted by Crippen LogP contribution is 2.05. The van der Waals surface area contributed by atoms with Crippen LogP contribution in [0.5, 0.6) is 0 Å². The molecule has 1 heterocycles. The van der Waals surface area contributed by atoms with E-state index in [1.165, 1.54) is 25.3 Å². The van der Waals surface area contributed by atoms with E-state index < -0.39 is 35.8 Å². The molecule has 0 aromatic carbocycles. The summed E-state index contributed by atoms with van der Waals surface area (Å²) in [4.78, 5) is 46.8. The van der Waals surface area contributed by atoms with Crippen LogP contribution < -0.4 is 16.0 Å². The Morgan fingerprint density at radius 2 is 1.89 bits per heavy atom. The van der Waals surface area contributed by atoms with Gasteiger partial charge in [0.15, 0.2) is 0 Å². The average Bonchev–Trinajstić information content (AvgIpc) is 3.10. The predicted molar refractivity (Wildman–Crippen MR) is 97.4 cm³/mol. The quantitative estimate of drug-likeness (QED) is 0.438. The molecule has 1 aromatic heterocycles. The summed E-state index contributed by atoms with van der Waals surface area (Å²) < 4.78 is 5.04. The normalized spacial score (nSPS) is 13.2. The number of hydrogen-bond acceptors (Lipinski definition) is 5. The number of furan rings is 1. The van der Waals surface area contributed by atoms with Crippen LogP contribution >= 0.6 is 0 Å². The molecule has 0 bridgehead atoms. The largest absolute Gasteiger partial charge is 0.480 e. The van der Waals surface area contributed by atoms with Crippen LogP contribution in [0.25, 0.3) is 6.08 Å². The lowest BCUT2D eigenvalue weighted by molar-refractivity contribution is -0.141. The monoisotopic (exact) mass is 379 g/mol. The molecular formula is C18H25N3O6. The zero-order valence-electron chi connectivity index (χ0n) is 15.5. The molecule has 9 nitrogen and oxygen atoms in total. The second kappa shape index (κ2) is 10.8. The van der Waals surface area contributed by atoms with Gasteiger partial charge in [0.2, 0.25) is 17.7 Å². The van der Waals surface area contributed by atoms with Gasteiger partial charge in [-0.1, -0.05) is 13.8 Å². The number of hydrogen-bond donors (Lipinski definition) is 4. The zero-order valence-corrected chi connectivity index (χ0v) is 15.5. The Bertz CT molecular complexity index is 681. The van der Waals surface area contributed by atoms with Crippen LogP contribution in [0, 0.1) is 5.92 Å². The highest BCUT2D eigenvalue weighted by molar-refractivity contribution is 5.95. The Balaban J connectivity index is 2.53. The van der Waals surface area contributed by atoms with Crippen molar-refractivity contribution in [3.8, 4) is 0 Å². The minimum Gasteiger partial charge on any atom is -0.480 e. The molecule has 2 atom stereocenters. The topological polar surface area (TPSA) is 138 Å². The molecule has 3 amide bonds. The Kier molecular flexibility index (Phi) is 8.77. The maximum Gasteiger partial charge on any atom is 0.325 e. The van der Waals surface area contributed by atoms with Gasteiger partial charge in [-0.3, -0.25) is 19.2 Å². The van der Waals surface area contributed by atoms with Gasteiger partial charge in [-0.25, -0.2) is 0 Å². The smallest absolute Gasteiger partial charge is 0.325 e. The van der Waals surface area contributed by atoms with Crippen molar-refractivity contribution in [3.05, 3.63) is 30.2 Å². The fourth-order valence-electron chi connectivity index (χ4n) is 2.09. The van der Waals surface area contributed by atoms with Crippen LogP contribution in [0.1, 0.15) is 33.0 Å². The van der Waals surface area contributed by atoms with Crippen LogP contribution in [0.3, 0.4) is 0 Å². The first kappa shape index (κ1) is 21.9. The zero-order chi connectivity index (χ0) is 20.4. The molecule has 1 aromatic rings. The fourth-order valence-corrected chi connectivity index (χ4v) is 2.09. The van der Waals surface area contributed by atoms with Gasteiger partial charge in [-0.2, -0.15) is 0 Å². The molecule has 0 aliphatic heterocycles. The van der Waals surface area contributed by atoms with E-state index in [0.717, 1.165) is 0 Å². The number of carbonyl (C=O) groups excluding carboxylic acids is 3. The third-order valence-corrected chi connectivity index (χ3v) is 3.45. The molecule has 0 saturated heterocycles. The standard InChI is InChI=1S/C18H25N3O6/c1-11(2)9-14(17(24)20-12(3)18(25)26)21-16(23)10-19-15(22)7-6-13-5-4-8-27-13/h4-8,11-12,14H,9-10H2,1-3H3,(H,19,22)(H,20,24)(H,21,23)(H,25,26)/t12-,14-/m0/s1. The summed E-state index contributed by atoms with van der Waals surface area (Å²) in [5.41, 5.74) is 0. The lowest BCUT2D eigenvalue weighted by Gasteiger charge is -2.21. The second-order valence-electron chi connectivity index (χ2n) is 6.38. The maximum atomic E-state index is 12.2. The molecule has 4 N–H and O–H groups in total. The van der Waals surface area contributed by atoms with Crippen molar-refractivity contribution in [2.45, 2.75) is 39.3 Å². The van der Waals surface area contributed by atoms with Crippen molar-refractivity contribution < 1.29 is 28.7 Å². The highest BCUT2D eigenvalue weighted by atomic mass is 16.4. The number of amides is 3. The lowest BCUT2D eigenvalue weighted by Crippen LogP contribution is -2.52. The van der Waals surface area contributed by atoms with Crippen molar-refractivity contribution in [1.29, 1.82) is 0 Å². The Morgan fingerprint density at radius 3 is 2.44 bits per heavy atom. The Labute approximate surface area is 157 Å². The number of nitrogens with one attached hydrogen (secondary N) is 3. The van der Waals surface area contributed by atoms with Gasteiger partial charge >= 0.3 is 5.97 Å². The van der Waals surface area contributed by atoms with E-state index in [1.807, 2.05) is 13.8 Å². The van der Waals surface area contributed by atoms with Crippen LogP contribution in [0.2, 0.25) is 0 Å². The van der Waals surface area contributed by atoms with Gasteiger partial charge in [0.25, 0.3) is 0 Å². The minimum absolute atomic E-state index is 0.0898. The summed E-state index contributed by atoms with van der Waals surface area (Å²) in [5, 5.41) is 16.1. The van der Waals surface area contributed by atoms with Gasteiger partial charge in [-0.15, -0.1) is 0 Å². The molecule has 0 spiro atoms. The van der Waals surface area contributed by atoms with Crippen LogP contribution in [0.15, 0.2) is 28.9 Å². The Morgan fingerprint density at radius 1 is 1.19 bits per heavy atom. The van der Waals surface area contributed by atoms with Gasteiger partial charge in [0.1, 0.15) is 17.8 Å². The van der Waals surface area contributed by atoms with E-state index in [2.05, 4.69) is 16.0 Å². The maximum absolute atomic E-state index is 12.2. The number of carboxylic acids is 1. The number of aliphatic carboxylic acids is 1. The molecule has 0 aliphatic rings. The van der Waals surface area contributed by atoms with E-state index >= 15 is 0 Å². The third-order valence-electron chi connectivity index (χ3n) is 3.45. The molecule has 1 rings (SSSR count). The van der Waals surface area contributed by atoms with Crippen molar-refractivity contribution in [2.75, 3.05) is 6.54 Å². The third kappa shape index (κ3) is 8.70. The second-order valence-corrected chi connectivity index (χ2v) is 6.38. The highest BCUT2D eigenvalue weighted by Gasteiger charge is 2.24. The summed E-state index contributed by atoms with van der Waals surface area (Å²) in [6.07, 6.45) is 4.47. The minimum atomic E-state index is -1.17. The van der Waals surface area contributed by atoms with E-state index in [0.29, 0.717) is 12.2 Å². The van der Waals surface area contributed by atoms with Crippen LogP contribution in [0.4, 0.5) is 0 Å². The SMILES string of the molecule is CC(C)C[C@H](NC(=O)CNC(=O)C=Cc1ccco1)C(=O)N[C@@H](C)C(=O)O. The lowest BCUT2D eigenvalue weighted by atomic mass is 10.0. The van der Waals surface area contributed by atoms with Crippen molar-refractivity contribution >= 4 is 29.8 Å². The molecule has 9 heteroatoms. The first-order valence-corrected chi connectivity index (χ1v) is 8.51. The molecule has 0 aliphatic carbocycles. The first-order valence-electron chi connectivity index (χ1n) is 8.51. The fraction of sp³-hybridized carbons (Fsp3) is 0.444. The van der Waals surface area contributed by atoms with Gasteiger partial charge in [0, 0.05) is 6.08 Å². The van der Waals surface area contributed by atoms with Crippen molar-refractivity contribution in [3.63, 3.8) is 0 Å². The molecule has 0 unspecified atom stereocenters. The van der Waals surface area contributed by atoms with Crippen molar-refractivity contribution in [2.24, 2.45) is 5.92 Å². The van der Waals surface area contributed by atoms with Gasteiger partial charge < -0.3 is 25.5 Å². The molecular weight excluding hydrogens is 354 g/mol. The number of rotatable bonds is 10. The molecule has 148 valence electrons. The van der Waals surface area contributed by atoms with E-state index in [-0.39, 0.29) is 12.5 Å². The molecule has 0 fully saturated rings. The van der Waals surface area contributed by atoms with Crippen LogP contribution in [-0.4, -0.2) is 47.4 Å². The summed E-state index contributed by atoms with van der Waals surface area (Å²) in [6.45, 7) is 4.75. The van der Waals surface area contributed by atoms with E-state index in [1.54, 1.807) is 12.1 Å².